The normalized spacial score (nSPS) is 16.0. The summed E-state index contributed by atoms with van der Waals surface area (Å²) in [5.41, 5.74) is 2.65. The van der Waals surface area contributed by atoms with Crippen LogP contribution in [0.5, 0.6) is 0 Å². The average Bonchev–Trinajstić information content (AvgIpc) is 3.11. The second-order valence-electron chi connectivity index (χ2n) is 7.05. The van der Waals surface area contributed by atoms with Crippen molar-refractivity contribution in [1.82, 2.24) is 0 Å². The molecule has 0 aliphatic carbocycles. The summed E-state index contributed by atoms with van der Waals surface area (Å²) >= 11 is 0. The SMILES string of the molecule is CCc1ccc(N2C[C@H](C(=O)OCC(=O)Nc3ccc(C)c(F)c3)CC2=O)cc1. The van der Waals surface area contributed by atoms with Gasteiger partial charge in [-0.15, -0.1) is 0 Å². The second-order valence-corrected chi connectivity index (χ2v) is 7.05. The van der Waals surface area contributed by atoms with Crippen LogP contribution in [-0.4, -0.2) is 30.9 Å². The molecule has 2 amide bonds. The number of carbonyl (C=O) groups is 3. The van der Waals surface area contributed by atoms with Gasteiger partial charge in [-0.3, -0.25) is 14.4 Å². The summed E-state index contributed by atoms with van der Waals surface area (Å²) in [6, 6.07) is 11.9. The summed E-state index contributed by atoms with van der Waals surface area (Å²) < 4.78 is 18.6. The molecule has 29 heavy (non-hydrogen) atoms. The zero-order valence-electron chi connectivity index (χ0n) is 16.4. The molecule has 0 aromatic heterocycles. The number of hydrogen-bond donors (Lipinski definition) is 1. The largest absolute Gasteiger partial charge is 0.455 e. The monoisotopic (exact) mass is 398 g/mol. The minimum absolute atomic E-state index is 0.0408. The van der Waals surface area contributed by atoms with Gasteiger partial charge in [-0.05, 0) is 48.7 Å². The average molecular weight is 398 g/mol. The molecule has 1 atom stereocenters. The molecule has 2 aromatic rings. The van der Waals surface area contributed by atoms with E-state index in [9.17, 15) is 18.8 Å². The van der Waals surface area contributed by atoms with Gasteiger partial charge in [0.15, 0.2) is 6.61 Å². The number of benzene rings is 2. The van der Waals surface area contributed by atoms with E-state index in [1.54, 1.807) is 24.0 Å². The number of esters is 1. The fraction of sp³-hybridized carbons (Fsp3) is 0.318. The van der Waals surface area contributed by atoms with Crippen LogP contribution in [0.1, 0.15) is 24.5 Å². The van der Waals surface area contributed by atoms with Crippen LogP contribution in [0.3, 0.4) is 0 Å². The summed E-state index contributed by atoms with van der Waals surface area (Å²) in [5.74, 6) is -2.39. The highest BCUT2D eigenvalue weighted by atomic mass is 19.1. The Morgan fingerprint density at radius 1 is 1.21 bits per heavy atom. The van der Waals surface area contributed by atoms with Crippen molar-refractivity contribution in [3.05, 3.63) is 59.4 Å². The first kappa shape index (κ1) is 20.5. The molecule has 1 N–H and O–H groups in total. The van der Waals surface area contributed by atoms with Gasteiger partial charge >= 0.3 is 5.97 Å². The molecule has 1 fully saturated rings. The van der Waals surface area contributed by atoms with E-state index >= 15 is 0 Å². The van der Waals surface area contributed by atoms with E-state index in [1.807, 2.05) is 31.2 Å². The number of ether oxygens (including phenoxy) is 1. The number of aryl methyl sites for hydroxylation is 2. The number of hydrogen-bond acceptors (Lipinski definition) is 4. The maximum absolute atomic E-state index is 13.5. The number of nitrogens with zero attached hydrogens (tertiary/aromatic N) is 1. The van der Waals surface area contributed by atoms with Crippen molar-refractivity contribution in [2.24, 2.45) is 5.92 Å². The molecule has 1 aliphatic rings. The first-order chi connectivity index (χ1) is 13.9. The molecular weight excluding hydrogens is 375 g/mol. The smallest absolute Gasteiger partial charge is 0.311 e. The summed E-state index contributed by atoms with van der Waals surface area (Å²) in [6.45, 7) is 3.39. The molecule has 6 nitrogen and oxygen atoms in total. The van der Waals surface area contributed by atoms with Crippen LogP contribution in [0.15, 0.2) is 42.5 Å². The standard InChI is InChI=1S/C22H23FN2O4/c1-3-15-5-8-18(9-6-15)25-12-16(10-21(25)27)22(28)29-13-20(26)24-17-7-4-14(2)19(23)11-17/h4-9,11,16H,3,10,12-13H2,1-2H3,(H,24,26)/t16-/m1/s1. The molecule has 0 unspecified atom stereocenters. The van der Waals surface area contributed by atoms with E-state index in [4.69, 9.17) is 4.74 Å². The topological polar surface area (TPSA) is 75.7 Å². The van der Waals surface area contributed by atoms with Crippen LogP contribution >= 0.6 is 0 Å². The molecule has 1 saturated heterocycles. The van der Waals surface area contributed by atoms with Gasteiger partial charge in [-0.25, -0.2) is 4.39 Å². The second kappa shape index (κ2) is 8.86. The molecule has 1 aliphatic heterocycles. The quantitative estimate of drug-likeness (QED) is 0.758. The van der Waals surface area contributed by atoms with E-state index < -0.39 is 30.2 Å². The van der Waals surface area contributed by atoms with Gasteiger partial charge in [0.1, 0.15) is 5.82 Å². The zero-order chi connectivity index (χ0) is 21.0. The third-order valence-corrected chi connectivity index (χ3v) is 4.92. The molecule has 7 heteroatoms. The van der Waals surface area contributed by atoms with Gasteiger partial charge < -0.3 is 15.0 Å². The van der Waals surface area contributed by atoms with Crippen LogP contribution in [-0.2, 0) is 25.5 Å². The van der Waals surface area contributed by atoms with E-state index in [1.165, 1.54) is 6.07 Å². The molecule has 2 aromatic carbocycles. The van der Waals surface area contributed by atoms with Gasteiger partial charge in [-0.1, -0.05) is 25.1 Å². The Morgan fingerprint density at radius 3 is 2.59 bits per heavy atom. The predicted molar refractivity (Wildman–Crippen MR) is 107 cm³/mol. The molecule has 3 rings (SSSR count). The van der Waals surface area contributed by atoms with Crippen molar-refractivity contribution < 1.29 is 23.5 Å². The zero-order valence-corrected chi connectivity index (χ0v) is 16.4. The van der Waals surface area contributed by atoms with Crippen molar-refractivity contribution in [3.8, 4) is 0 Å². The Balaban J connectivity index is 1.52. The van der Waals surface area contributed by atoms with Gasteiger partial charge in [0, 0.05) is 24.3 Å². The number of halogens is 1. The summed E-state index contributed by atoms with van der Waals surface area (Å²) in [6.07, 6.45) is 0.944. The van der Waals surface area contributed by atoms with Crippen LogP contribution in [0.4, 0.5) is 15.8 Å². The van der Waals surface area contributed by atoms with E-state index in [0.29, 0.717) is 5.56 Å². The van der Waals surface area contributed by atoms with Crippen molar-refractivity contribution in [2.45, 2.75) is 26.7 Å². The van der Waals surface area contributed by atoms with Gasteiger partial charge in [0.2, 0.25) is 5.91 Å². The van der Waals surface area contributed by atoms with Crippen LogP contribution < -0.4 is 10.2 Å². The fourth-order valence-corrected chi connectivity index (χ4v) is 3.15. The Bertz CT molecular complexity index is 927. The van der Waals surface area contributed by atoms with Crippen molar-refractivity contribution in [1.29, 1.82) is 0 Å². The number of nitrogens with one attached hydrogen (secondary N) is 1. The van der Waals surface area contributed by atoms with Crippen LogP contribution in [0, 0.1) is 18.7 Å². The molecule has 0 radical (unpaired) electrons. The highest BCUT2D eigenvalue weighted by molar-refractivity contribution is 6.00. The first-order valence-corrected chi connectivity index (χ1v) is 9.49. The maximum Gasteiger partial charge on any atom is 0.311 e. The van der Waals surface area contributed by atoms with Gasteiger partial charge in [0.25, 0.3) is 5.91 Å². The van der Waals surface area contributed by atoms with Crippen molar-refractivity contribution >= 4 is 29.2 Å². The number of anilines is 2. The van der Waals surface area contributed by atoms with Crippen molar-refractivity contribution in [2.75, 3.05) is 23.4 Å². The molecular formula is C22H23FN2O4. The predicted octanol–water partition coefficient (Wildman–Crippen LogP) is 3.23. The Labute approximate surface area is 168 Å². The lowest BCUT2D eigenvalue weighted by molar-refractivity contribution is -0.151. The summed E-state index contributed by atoms with van der Waals surface area (Å²) in [7, 11) is 0. The van der Waals surface area contributed by atoms with E-state index in [2.05, 4.69) is 5.32 Å². The first-order valence-electron chi connectivity index (χ1n) is 9.49. The number of carbonyl (C=O) groups excluding carboxylic acids is 3. The third kappa shape index (κ3) is 4.99. The lowest BCUT2D eigenvalue weighted by atomic mass is 10.1. The molecule has 152 valence electrons. The molecule has 1 heterocycles. The summed E-state index contributed by atoms with van der Waals surface area (Å²) in [5, 5.41) is 2.48. The highest BCUT2D eigenvalue weighted by Gasteiger charge is 2.36. The third-order valence-electron chi connectivity index (χ3n) is 4.92. The molecule has 0 spiro atoms. The Hall–Kier alpha value is -3.22. The lowest BCUT2D eigenvalue weighted by Gasteiger charge is -2.17. The maximum atomic E-state index is 13.5. The minimum Gasteiger partial charge on any atom is -0.455 e. The Kier molecular flexibility index (Phi) is 6.26. The fourth-order valence-electron chi connectivity index (χ4n) is 3.15. The van der Waals surface area contributed by atoms with Crippen molar-refractivity contribution in [3.63, 3.8) is 0 Å². The van der Waals surface area contributed by atoms with Gasteiger partial charge in [0.05, 0.1) is 5.92 Å². The van der Waals surface area contributed by atoms with Crippen LogP contribution in [0.25, 0.3) is 0 Å². The van der Waals surface area contributed by atoms with Gasteiger partial charge in [-0.2, -0.15) is 0 Å². The van der Waals surface area contributed by atoms with E-state index in [-0.39, 0.29) is 24.6 Å². The number of amides is 2. The summed E-state index contributed by atoms with van der Waals surface area (Å²) in [4.78, 5) is 38.1. The number of rotatable bonds is 6. The molecule has 0 saturated carbocycles. The Morgan fingerprint density at radius 2 is 1.93 bits per heavy atom. The van der Waals surface area contributed by atoms with Crippen LogP contribution in [0.2, 0.25) is 0 Å². The molecule has 0 bridgehead atoms. The van der Waals surface area contributed by atoms with E-state index in [0.717, 1.165) is 17.7 Å². The minimum atomic E-state index is -0.627. The highest BCUT2D eigenvalue weighted by Crippen LogP contribution is 2.26. The lowest BCUT2D eigenvalue weighted by Crippen LogP contribution is -2.28.